The number of rotatable bonds is 6. The van der Waals surface area contributed by atoms with Crippen LogP contribution in [0.25, 0.3) is 33.3 Å². The predicted molar refractivity (Wildman–Crippen MR) is 137 cm³/mol. The van der Waals surface area contributed by atoms with Crippen molar-refractivity contribution in [3.05, 3.63) is 89.4 Å². The van der Waals surface area contributed by atoms with Crippen LogP contribution in [0.2, 0.25) is 5.02 Å². The lowest BCUT2D eigenvalue weighted by Crippen LogP contribution is -2.12. The number of anilines is 1. The zero-order valence-corrected chi connectivity index (χ0v) is 19.6. The molecule has 4 aromatic carbocycles. The molecule has 1 N–H and O–H groups in total. The maximum absolute atomic E-state index is 12.7. The van der Waals surface area contributed by atoms with Crippen molar-refractivity contribution in [3.8, 4) is 17.2 Å². The zero-order chi connectivity index (χ0) is 23.7. The molecule has 0 spiro atoms. The summed E-state index contributed by atoms with van der Waals surface area (Å²) in [5.41, 5.74) is 3.34. The van der Waals surface area contributed by atoms with Crippen LogP contribution in [-0.2, 0) is 0 Å². The number of carbonyl (C=O) groups excluding carboxylic acids is 1. The monoisotopic (exact) mass is 470 g/mol. The molecule has 1 aromatic heterocycles. The van der Waals surface area contributed by atoms with Crippen LogP contribution in [0.5, 0.6) is 5.75 Å². The number of benzene rings is 4. The third-order valence-corrected chi connectivity index (χ3v) is 6.10. The second-order valence-corrected chi connectivity index (χ2v) is 8.56. The van der Waals surface area contributed by atoms with Crippen LogP contribution in [0.15, 0.2) is 83.3 Å². The van der Waals surface area contributed by atoms with Gasteiger partial charge in [-0.2, -0.15) is 0 Å². The summed E-state index contributed by atoms with van der Waals surface area (Å²) < 4.78 is 11.8. The lowest BCUT2D eigenvalue weighted by molar-refractivity contribution is 0.102. The Morgan fingerprint density at radius 2 is 1.79 bits per heavy atom. The van der Waals surface area contributed by atoms with Gasteiger partial charge >= 0.3 is 0 Å². The Kier molecular flexibility index (Phi) is 5.95. The number of carbonyl (C=O) groups is 1. The van der Waals surface area contributed by atoms with Gasteiger partial charge in [-0.05, 0) is 73.3 Å². The average Bonchev–Trinajstić information content (AvgIpc) is 3.27. The largest absolute Gasteiger partial charge is 0.491 e. The highest BCUT2D eigenvalue weighted by molar-refractivity contribution is 6.35. The van der Waals surface area contributed by atoms with Crippen molar-refractivity contribution in [2.45, 2.75) is 26.4 Å². The minimum Gasteiger partial charge on any atom is -0.491 e. The molecular formula is C28H23ClN2O3. The SMILES string of the molecule is CC[C@@H](C)Oc1ccc(C(=O)Nc2ccc3oc(-c4cccc5c(Cl)cccc45)nc3c2)cc1. The highest BCUT2D eigenvalue weighted by Crippen LogP contribution is 2.34. The molecule has 0 saturated heterocycles. The number of hydrogen-bond donors (Lipinski definition) is 1. The summed E-state index contributed by atoms with van der Waals surface area (Å²) in [4.78, 5) is 17.4. The van der Waals surface area contributed by atoms with Gasteiger partial charge in [0.2, 0.25) is 5.89 Å². The Morgan fingerprint density at radius 1 is 1.03 bits per heavy atom. The van der Waals surface area contributed by atoms with Gasteiger partial charge in [0.25, 0.3) is 5.91 Å². The Balaban J connectivity index is 1.38. The van der Waals surface area contributed by atoms with E-state index in [1.54, 1.807) is 24.3 Å². The standard InChI is InChI=1S/C28H23ClN2O3/c1-3-17(2)33-20-13-10-18(11-14-20)27(32)30-19-12-15-26-25(16-19)31-28(34-26)23-8-4-7-22-21(23)6-5-9-24(22)29/h4-17H,3H2,1-2H3,(H,30,32)/t17-/m1/s1. The number of fused-ring (bicyclic) bond motifs is 2. The molecule has 0 aliphatic carbocycles. The Bertz CT molecular complexity index is 1490. The molecule has 5 nitrogen and oxygen atoms in total. The first-order chi connectivity index (χ1) is 16.5. The van der Waals surface area contributed by atoms with Crippen molar-refractivity contribution in [1.29, 1.82) is 0 Å². The van der Waals surface area contributed by atoms with E-state index in [1.807, 2.05) is 61.5 Å². The van der Waals surface area contributed by atoms with Crippen LogP contribution in [0.1, 0.15) is 30.6 Å². The molecule has 0 fully saturated rings. The van der Waals surface area contributed by atoms with E-state index in [2.05, 4.69) is 17.2 Å². The number of halogens is 1. The third-order valence-electron chi connectivity index (χ3n) is 5.77. The number of hydrogen-bond acceptors (Lipinski definition) is 4. The molecule has 0 unspecified atom stereocenters. The van der Waals surface area contributed by atoms with E-state index in [0.717, 1.165) is 28.5 Å². The average molecular weight is 471 g/mol. The van der Waals surface area contributed by atoms with E-state index in [9.17, 15) is 4.79 Å². The highest BCUT2D eigenvalue weighted by Gasteiger charge is 2.14. The number of aromatic nitrogens is 1. The van der Waals surface area contributed by atoms with Gasteiger partial charge in [-0.3, -0.25) is 4.79 Å². The topological polar surface area (TPSA) is 64.4 Å². The molecule has 0 saturated carbocycles. The van der Waals surface area contributed by atoms with E-state index >= 15 is 0 Å². The van der Waals surface area contributed by atoms with Crippen LogP contribution >= 0.6 is 11.6 Å². The molecule has 0 bridgehead atoms. The van der Waals surface area contributed by atoms with Crippen molar-refractivity contribution in [1.82, 2.24) is 4.98 Å². The first kappa shape index (κ1) is 22.0. The Labute approximate surface area is 202 Å². The maximum Gasteiger partial charge on any atom is 0.255 e. The minimum atomic E-state index is -0.207. The van der Waals surface area contributed by atoms with Crippen molar-refractivity contribution < 1.29 is 13.9 Å². The van der Waals surface area contributed by atoms with Crippen LogP contribution in [-0.4, -0.2) is 17.0 Å². The second-order valence-electron chi connectivity index (χ2n) is 8.16. The third kappa shape index (κ3) is 4.35. The van der Waals surface area contributed by atoms with Crippen LogP contribution < -0.4 is 10.1 Å². The first-order valence-electron chi connectivity index (χ1n) is 11.2. The molecule has 0 radical (unpaired) electrons. The summed E-state index contributed by atoms with van der Waals surface area (Å²) in [7, 11) is 0. The highest BCUT2D eigenvalue weighted by atomic mass is 35.5. The number of amides is 1. The molecule has 170 valence electrons. The normalized spacial score (nSPS) is 12.1. The predicted octanol–water partition coefficient (Wildman–Crippen LogP) is 7.73. The quantitative estimate of drug-likeness (QED) is 0.275. The van der Waals surface area contributed by atoms with Gasteiger partial charge in [0.1, 0.15) is 11.3 Å². The molecule has 34 heavy (non-hydrogen) atoms. The Morgan fingerprint density at radius 3 is 2.59 bits per heavy atom. The summed E-state index contributed by atoms with van der Waals surface area (Å²) in [6.07, 6.45) is 1.05. The molecule has 0 aliphatic rings. The summed E-state index contributed by atoms with van der Waals surface area (Å²) in [5, 5.41) is 5.52. The molecular weight excluding hydrogens is 448 g/mol. The van der Waals surface area contributed by atoms with Crippen molar-refractivity contribution >= 4 is 45.1 Å². The number of nitrogens with zero attached hydrogens (tertiary/aromatic N) is 1. The van der Waals surface area contributed by atoms with Gasteiger partial charge < -0.3 is 14.5 Å². The van der Waals surface area contributed by atoms with Gasteiger partial charge in [-0.25, -0.2) is 4.98 Å². The van der Waals surface area contributed by atoms with Gasteiger partial charge in [0, 0.05) is 27.2 Å². The first-order valence-corrected chi connectivity index (χ1v) is 11.6. The fourth-order valence-electron chi connectivity index (χ4n) is 3.78. The fraction of sp³-hybridized carbons (Fsp3) is 0.143. The van der Waals surface area contributed by atoms with Gasteiger partial charge in [-0.1, -0.05) is 42.8 Å². The molecule has 1 atom stereocenters. The van der Waals surface area contributed by atoms with Crippen molar-refractivity contribution in [3.63, 3.8) is 0 Å². The van der Waals surface area contributed by atoms with Crippen LogP contribution in [0, 0.1) is 0 Å². The lowest BCUT2D eigenvalue weighted by Gasteiger charge is -2.12. The fourth-order valence-corrected chi connectivity index (χ4v) is 4.02. The van der Waals surface area contributed by atoms with Gasteiger partial charge in [0.15, 0.2) is 5.58 Å². The molecule has 5 rings (SSSR count). The molecule has 1 amide bonds. The summed E-state index contributed by atoms with van der Waals surface area (Å²) in [5.74, 6) is 1.04. The number of nitrogens with one attached hydrogen (secondary N) is 1. The van der Waals surface area contributed by atoms with Crippen LogP contribution in [0.4, 0.5) is 5.69 Å². The van der Waals surface area contributed by atoms with E-state index in [0.29, 0.717) is 33.3 Å². The summed E-state index contributed by atoms with van der Waals surface area (Å²) >= 11 is 6.35. The summed E-state index contributed by atoms with van der Waals surface area (Å²) in [6, 6.07) is 24.2. The zero-order valence-electron chi connectivity index (χ0n) is 18.8. The molecule has 5 aromatic rings. The molecule has 6 heteroatoms. The Hall–Kier alpha value is -3.83. The lowest BCUT2D eigenvalue weighted by atomic mass is 10.0. The minimum absolute atomic E-state index is 0.129. The van der Waals surface area contributed by atoms with E-state index in [-0.39, 0.29) is 12.0 Å². The van der Waals surface area contributed by atoms with E-state index in [4.69, 9.17) is 20.8 Å². The van der Waals surface area contributed by atoms with Crippen molar-refractivity contribution in [2.75, 3.05) is 5.32 Å². The second kappa shape index (κ2) is 9.20. The van der Waals surface area contributed by atoms with Crippen LogP contribution in [0.3, 0.4) is 0 Å². The maximum atomic E-state index is 12.7. The molecule has 1 heterocycles. The van der Waals surface area contributed by atoms with E-state index < -0.39 is 0 Å². The van der Waals surface area contributed by atoms with Crippen molar-refractivity contribution in [2.24, 2.45) is 0 Å². The summed E-state index contributed by atoms with van der Waals surface area (Å²) in [6.45, 7) is 4.08. The van der Waals surface area contributed by atoms with Gasteiger partial charge in [0.05, 0.1) is 6.10 Å². The van der Waals surface area contributed by atoms with Gasteiger partial charge in [-0.15, -0.1) is 0 Å². The number of oxazole rings is 1. The smallest absolute Gasteiger partial charge is 0.255 e. The number of ether oxygens (including phenoxy) is 1. The molecule has 0 aliphatic heterocycles. The van der Waals surface area contributed by atoms with E-state index in [1.165, 1.54) is 0 Å².